The van der Waals surface area contributed by atoms with E-state index in [0.29, 0.717) is 24.2 Å². The Bertz CT molecular complexity index is 656. The number of nitrogens with one attached hydrogen (secondary N) is 1. The zero-order chi connectivity index (χ0) is 14.0. The molecule has 6 nitrogen and oxygen atoms in total. The van der Waals surface area contributed by atoms with Crippen LogP contribution in [0, 0.1) is 0 Å². The Morgan fingerprint density at radius 2 is 2.26 bits per heavy atom. The molecule has 0 bridgehead atoms. The lowest BCUT2D eigenvalue weighted by Crippen LogP contribution is -2.24. The maximum atomic E-state index is 12.0. The van der Waals surface area contributed by atoms with Crippen molar-refractivity contribution >= 4 is 17.0 Å². The summed E-state index contributed by atoms with van der Waals surface area (Å²) in [6.45, 7) is 4.60. The standard InChI is InChI=1S/C13H16N2O4/c1-3-19-7-8(2)15-11-9(12(16)17)5-4-6-10(11)14-13(15)18/h4-6,8H,3,7H2,1-2H3,(H,14,18)(H,16,17). The molecule has 1 heterocycles. The first kappa shape index (κ1) is 13.4. The van der Waals surface area contributed by atoms with Crippen LogP contribution < -0.4 is 5.69 Å². The van der Waals surface area contributed by atoms with E-state index in [-0.39, 0.29) is 17.3 Å². The van der Waals surface area contributed by atoms with Crippen LogP contribution in [0.4, 0.5) is 0 Å². The van der Waals surface area contributed by atoms with Crippen LogP contribution in [-0.4, -0.2) is 33.8 Å². The van der Waals surface area contributed by atoms with Gasteiger partial charge in [-0.15, -0.1) is 0 Å². The Kier molecular flexibility index (Phi) is 3.71. The van der Waals surface area contributed by atoms with E-state index in [9.17, 15) is 14.7 Å². The molecule has 0 aliphatic heterocycles. The van der Waals surface area contributed by atoms with Crippen LogP contribution in [-0.2, 0) is 4.74 Å². The van der Waals surface area contributed by atoms with Crippen molar-refractivity contribution in [2.45, 2.75) is 19.9 Å². The second-order valence-electron chi connectivity index (χ2n) is 4.32. The Balaban J connectivity index is 2.62. The number of carboxylic acid groups (broad SMARTS) is 1. The lowest BCUT2D eigenvalue weighted by Gasteiger charge is -2.14. The van der Waals surface area contributed by atoms with E-state index < -0.39 is 5.97 Å². The molecule has 1 atom stereocenters. The first-order valence-corrected chi connectivity index (χ1v) is 6.10. The number of benzene rings is 1. The van der Waals surface area contributed by atoms with Gasteiger partial charge in [-0.3, -0.25) is 4.57 Å². The van der Waals surface area contributed by atoms with Crippen molar-refractivity contribution in [3.63, 3.8) is 0 Å². The van der Waals surface area contributed by atoms with Crippen LogP contribution in [0.1, 0.15) is 30.2 Å². The number of rotatable bonds is 5. The summed E-state index contributed by atoms with van der Waals surface area (Å²) in [4.78, 5) is 25.9. The Morgan fingerprint density at radius 1 is 1.53 bits per heavy atom. The van der Waals surface area contributed by atoms with Crippen molar-refractivity contribution < 1.29 is 14.6 Å². The van der Waals surface area contributed by atoms with E-state index in [1.165, 1.54) is 10.6 Å². The minimum atomic E-state index is -1.05. The summed E-state index contributed by atoms with van der Waals surface area (Å²) in [6.07, 6.45) is 0. The topological polar surface area (TPSA) is 84.3 Å². The molecule has 0 spiro atoms. The number of aromatic nitrogens is 2. The molecule has 1 unspecified atom stereocenters. The minimum absolute atomic E-state index is 0.110. The van der Waals surface area contributed by atoms with Crippen molar-refractivity contribution in [1.29, 1.82) is 0 Å². The van der Waals surface area contributed by atoms with Gasteiger partial charge in [0.2, 0.25) is 0 Å². The average molecular weight is 264 g/mol. The third kappa shape index (κ3) is 2.39. The van der Waals surface area contributed by atoms with Crippen LogP contribution in [0.5, 0.6) is 0 Å². The van der Waals surface area contributed by atoms with Gasteiger partial charge < -0.3 is 14.8 Å². The molecule has 19 heavy (non-hydrogen) atoms. The number of carboxylic acids is 1. The highest BCUT2D eigenvalue weighted by Gasteiger charge is 2.18. The van der Waals surface area contributed by atoms with Gasteiger partial charge in [-0.1, -0.05) is 6.07 Å². The fraction of sp³-hybridized carbons (Fsp3) is 0.385. The summed E-state index contributed by atoms with van der Waals surface area (Å²) in [5.74, 6) is -1.05. The predicted molar refractivity (Wildman–Crippen MR) is 70.7 cm³/mol. The van der Waals surface area contributed by atoms with E-state index in [4.69, 9.17) is 4.74 Å². The number of carbonyl (C=O) groups is 1. The van der Waals surface area contributed by atoms with Crippen LogP contribution in [0.15, 0.2) is 23.0 Å². The number of ether oxygens (including phenoxy) is 1. The number of nitrogens with zero attached hydrogens (tertiary/aromatic N) is 1. The third-order valence-electron chi connectivity index (χ3n) is 2.97. The molecule has 102 valence electrons. The van der Waals surface area contributed by atoms with Gasteiger partial charge in [0.15, 0.2) is 0 Å². The van der Waals surface area contributed by atoms with E-state index in [2.05, 4.69) is 4.98 Å². The lowest BCUT2D eigenvalue weighted by atomic mass is 10.1. The average Bonchev–Trinajstić information content (AvgIpc) is 2.71. The zero-order valence-corrected chi connectivity index (χ0v) is 10.8. The molecular weight excluding hydrogens is 248 g/mol. The van der Waals surface area contributed by atoms with Gasteiger partial charge >= 0.3 is 11.7 Å². The highest BCUT2D eigenvalue weighted by molar-refractivity contribution is 6.01. The van der Waals surface area contributed by atoms with Gasteiger partial charge in [0, 0.05) is 6.61 Å². The van der Waals surface area contributed by atoms with Gasteiger partial charge in [-0.05, 0) is 26.0 Å². The SMILES string of the molecule is CCOCC(C)n1c(=O)[nH]c2cccc(C(=O)O)c21. The smallest absolute Gasteiger partial charge is 0.337 e. The normalized spacial score (nSPS) is 12.7. The van der Waals surface area contributed by atoms with Crippen LogP contribution in [0.2, 0.25) is 0 Å². The van der Waals surface area contributed by atoms with Gasteiger partial charge in [-0.2, -0.15) is 0 Å². The second-order valence-corrected chi connectivity index (χ2v) is 4.32. The van der Waals surface area contributed by atoms with Crippen molar-refractivity contribution in [2.24, 2.45) is 0 Å². The maximum absolute atomic E-state index is 12.0. The predicted octanol–water partition coefficient (Wildman–Crippen LogP) is 1.63. The molecule has 0 amide bonds. The molecule has 2 N–H and O–H groups in total. The Hall–Kier alpha value is -2.08. The zero-order valence-electron chi connectivity index (χ0n) is 10.8. The number of para-hydroxylation sites is 1. The monoisotopic (exact) mass is 264 g/mol. The van der Waals surface area contributed by atoms with E-state index in [0.717, 1.165) is 0 Å². The summed E-state index contributed by atoms with van der Waals surface area (Å²) in [5, 5.41) is 9.21. The molecule has 0 fully saturated rings. The van der Waals surface area contributed by atoms with Crippen LogP contribution in [0.3, 0.4) is 0 Å². The quantitative estimate of drug-likeness (QED) is 0.859. The molecule has 0 saturated carbocycles. The molecule has 1 aromatic carbocycles. The van der Waals surface area contributed by atoms with Crippen LogP contribution in [0.25, 0.3) is 11.0 Å². The molecular formula is C13H16N2O4. The molecule has 6 heteroatoms. The van der Waals surface area contributed by atoms with Crippen molar-refractivity contribution in [2.75, 3.05) is 13.2 Å². The molecule has 1 aromatic heterocycles. The highest BCUT2D eigenvalue weighted by atomic mass is 16.5. The van der Waals surface area contributed by atoms with E-state index in [1.807, 2.05) is 13.8 Å². The molecule has 0 radical (unpaired) electrons. The van der Waals surface area contributed by atoms with E-state index in [1.54, 1.807) is 12.1 Å². The highest BCUT2D eigenvalue weighted by Crippen LogP contribution is 2.19. The number of imidazole rings is 1. The van der Waals surface area contributed by atoms with E-state index >= 15 is 0 Å². The summed E-state index contributed by atoms with van der Waals surface area (Å²) in [7, 11) is 0. The summed E-state index contributed by atoms with van der Waals surface area (Å²) >= 11 is 0. The number of aromatic carboxylic acids is 1. The molecule has 0 aliphatic carbocycles. The minimum Gasteiger partial charge on any atom is -0.478 e. The number of fused-ring (bicyclic) bond motifs is 1. The maximum Gasteiger partial charge on any atom is 0.337 e. The number of hydrogen-bond donors (Lipinski definition) is 2. The fourth-order valence-electron chi connectivity index (χ4n) is 2.14. The molecule has 2 aromatic rings. The van der Waals surface area contributed by atoms with Gasteiger partial charge in [0.1, 0.15) is 0 Å². The van der Waals surface area contributed by atoms with Gasteiger partial charge in [0.05, 0.1) is 29.2 Å². The first-order chi connectivity index (χ1) is 9.06. The number of aromatic amines is 1. The van der Waals surface area contributed by atoms with Crippen LogP contribution >= 0.6 is 0 Å². The van der Waals surface area contributed by atoms with Gasteiger partial charge in [-0.25, -0.2) is 9.59 Å². The number of hydrogen-bond acceptors (Lipinski definition) is 3. The lowest BCUT2D eigenvalue weighted by molar-refractivity contribution is 0.0698. The fourth-order valence-corrected chi connectivity index (χ4v) is 2.14. The summed E-state index contributed by atoms with van der Waals surface area (Å²) in [6, 6.07) is 4.55. The Labute approximate surface area is 109 Å². The van der Waals surface area contributed by atoms with Crippen molar-refractivity contribution in [3.05, 3.63) is 34.2 Å². The van der Waals surface area contributed by atoms with Crippen molar-refractivity contribution in [1.82, 2.24) is 9.55 Å². The second kappa shape index (κ2) is 5.27. The summed E-state index contributed by atoms with van der Waals surface area (Å²) < 4.78 is 6.74. The number of H-pyrrole nitrogens is 1. The largest absolute Gasteiger partial charge is 0.478 e. The Morgan fingerprint density at radius 3 is 2.89 bits per heavy atom. The first-order valence-electron chi connectivity index (χ1n) is 6.10. The molecule has 2 rings (SSSR count). The molecule has 0 aliphatic rings. The third-order valence-corrected chi connectivity index (χ3v) is 2.97. The van der Waals surface area contributed by atoms with Crippen molar-refractivity contribution in [3.8, 4) is 0 Å². The molecule has 0 saturated heterocycles. The van der Waals surface area contributed by atoms with Gasteiger partial charge in [0.25, 0.3) is 0 Å². The summed E-state index contributed by atoms with van der Waals surface area (Å²) in [5.41, 5.74) is 0.718.